The van der Waals surface area contributed by atoms with Gasteiger partial charge in [0.2, 0.25) is 0 Å². The van der Waals surface area contributed by atoms with Gasteiger partial charge in [-0.15, -0.1) is 0 Å². The van der Waals surface area contributed by atoms with Crippen molar-refractivity contribution in [1.82, 2.24) is 0 Å². The van der Waals surface area contributed by atoms with Crippen LogP contribution in [0.25, 0.3) is 17.0 Å². The molecular weight excluding hydrogens is 264 g/mol. The van der Waals surface area contributed by atoms with Crippen molar-refractivity contribution in [2.75, 3.05) is 0 Å². The average molecular weight is 272 g/mol. The molecule has 0 aliphatic carbocycles. The van der Waals surface area contributed by atoms with Crippen LogP contribution in [0.3, 0.4) is 0 Å². The lowest BCUT2D eigenvalue weighted by Crippen LogP contribution is -2.09. The van der Waals surface area contributed by atoms with E-state index in [0.717, 1.165) is 5.39 Å². The highest BCUT2D eigenvalue weighted by Crippen LogP contribution is 2.20. The van der Waals surface area contributed by atoms with Crippen LogP contribution in [0.2, 0.25) is 0 Å². The highest BCUT2D eigenvalue weighted by atomic mass is 32.1. The molecule has 1 heterocycles. The number of thiocarbonyl (C=S) groups is 1. The third kappa shape index (κ3) is 2.30. The van der Waals surface area contributed by atoms with Crippen LogP contribution in [-0.4, -0.2) is 4.99 Å². The Hall–Kier alpha value is -2.03. The first-order valence-electron chi connectivity index (χ1n) is 5.05. The molecule has 2 aromatic rings. The number of nitrogens with two attached hydrogens (primary N) is 1. The maximum Gasteiger partial charge on any atom is 0.135 e. The summed E-state index contributed by atoms with van der Waals surface area (Å²) >= 11 is 10.1. The van der Waals surface area contributed by atoms with Gasteiger partial charge in [-0.3, -0.25) is 0 Å². The molecule has 0 atom stereocenters. The Bertz CT molecular complexity index is 753. The molecule has 0 fully saturated rings. The Labute approximate surface area is 114 Å². The van der Waals surface area contributed by atoms with Crippen LogP contribution >= 0.6 is 24.4 Å². The fourth-order valence-corrected chi connectivity index (χ4v) is 1.89. The summed E-state index contributed by atoms with van der Waals surface area (Å²) in [5.74, 6) is 0. The molecule has 0 spiro atoms. The monoisotopic (exact) mass is 272 g/mol. The zero-order valence-electron chi connectivity index (χ0n) is 9.21. The van der Waals surface area contributed by atoms with Crippen molar-refractivity contribution < 1.29 is 4.42 Å². The third-order valence-electron chi connectivity index (χ3n) is 2.39. The van der Waals surface area contributed by atoms with Gasteiger partial charge in [0.25, 0.3) is 0 Å². The van der Waals surface area contributed by atoms with Crippen LogP contribution in [-0.2, 0) is 0 Å². The van der Waals surface area contributed by atoms with E-state index in [1.807, 2.05) is 30.3 Å². The highest BCUT2D eigenvalue weighted by Gasteiger charge is 2.04. The number of para-hydroxylation sites is 1. The molecule has 0 aliphatic rings. The molecule has 88 valence electrons. The summed E-state index contributed by atoms with van der Waals surface area (Å²) in [4.78, 5) is 0.0417. The second-order valence-corrected chi connectivity index (χ2v) is 4.40. The van der Waals surface area contributed by atoms with Crippen molar-refractivity contribution >= 4 is 46.5 Å². The number of rotatable bonds is 2. The van der Waals surface area contributed by atoms with Gasteiger partial charge in [0.05, 0.1) is 16.3 Å². The third-order valence-corrected chi connectivity index (χ3v) is 3.07. The van der Waals surface area contributed by atoms with Crippen LogP contribution in [0, 0.1) is 15.8 Å². The molecule has 2 N–H and O–H groups in total. The fourth-order valence-electron chi connectivity index (χ4n) is 1.51. The van der Waals surface area contributed by atoms with Crippen molar-refractivity contribution in [3.05, 3.63) is 46.2 Å². The number of hydrogen-bond acceptors (Lipinski definition) is 4. The molecule has 0 unspecified atom stereocenters. The molecule has 0 radical (unpaired) electrons. The Balaban J connectivity index is 2.68. The number of nitrogens with zero attached hydrogens (tertiary/aromatic N) is 1. The fraction of sp³-hybridized carbons (Fsp3) is 0. The minimum Gasteiger partial charge on any atom is -0.464 e. The largest absolute Gasteiger partial charge is 0.464 e. The predicted molar refractivity (Wildman–Crippen MR) is 77.4 cm³/mol. The maximum atomic E-state index is 8.91. The average Bonchev–Trinajstić information content (AvgIpc) is 2.38. The maximum absolute atomic E-state index is 8.91. The summed E-state index contributed by atoms with van der Waals surface area (Å²) in [7, 11) is 0. The number of benzene rings is 1. The normalized spacial score (nSPS) is 11.2. The second-order valence-electron chi connectivity index (χ2n) is 3.55. The Morgan fingerprint density at radius 1 is 1.39 bits per heavy atom. The molecule has 5 heteroatoms. The molecule has 0 amide bonds. The van der Waals surface area contributed by atoms with Crippen LogP contribution in [0.15, 0.2) is 40.5 Å². The summed E-state index contributed by atoms with van der Waals surface area (Å²) in [5.41, 5.74) is 6.96. The predicted octanol–water partition coefficient (Wildman–Crippen LogP) is 3.36. The second kappa shape index (κ2) is 5.08. The Morgan fingerprint density at radius 3 is 2.78 bits per heavy atom. The minimum atomic E-state index is 0.0417. The van der Waals surface area contributed by atoms with E-state index in [0.29, 0.717) is 15.7 Å². The first-order chi connectivity index (χ1) is 8.63. The van der Waals surface area contributed by atoms with Crippen LogP contribution in [0.5, 0.6) is 0 Å². The molecule has 2 rings (SSSR count). The summed E-state index contributed by atoms with van der Waals surface area (Å²) in [6, 6.07) is 9.37. The zero-order valence-corrected chi connectivity index (χ0v) is 10.8. The quantitative estimate of drug-likeness (QED) is 0.516. The minimum absolute atomic E-state index is 0.0417. The SMILES string of the molecule is N#C/C(=C\c1coc2ccccc2c1=S)C(N)=S. The van der Waals surface area contributed by atoms with Crippen LogP contribution in [0.1, 0.15) is 5.56 Å². The van der Waals surface area contributed by atoms with E-state index in [1.54, 1.807) is 6.08 Å². The molecule has 1 aromatic carbocycles. The number of nitriles is 1. The lowest BCUT2D eigenvalue weighted by atomic mass is 10.1. The lowest BCUT2D eigenvalue weighted by Gasteiger charge is -2.00. The first kappa shape index (κ1) is 12.4. The van der Waals surface area contributed by atoms with Crippen molar-refractivity contribution in [3.63, 3.8) is 0 Å². The molecule has 0 saturated carbocycles. The standard InChI is InChI=1S/C13H8N2OS2/c14-6-8(13(15)18)5-9-7-16-11-4-2-1-3-10(11)12(9)17/h1-5,7H,(H2,15,18)/b8-5+. The summed E-state index contributed by atoms with van der Waals surface area (Å²) in [6.07, 6.45) is 3.04. The van der Waals surface area contributed by atoms with E-state index in [4.69, 9.17) is 39.8 Å². The Kier molecular flexibility index (Phi) is 3.51. The van der Waals surface area contributed by atoms with E-state index in [2.05, 4.69) is 0 Å². The van der Waals surface area contributed by atoms with Gasteiger partial charge in [-0.05, 0) is 18.2 Å². The van der Waals surface area contributed by atoms with Crippen LogP contribution < -0.4 is 5.73 Å². The number of hydrogen-bond donors (Lipinski definition) is 1. The molecule has 0 saturated heterocycles. The van der Waals surface area contributed by atoms with Gasteiger partial charge in [0.15, 0.2) is 0 Å². The Morgan fingerprint density at radius 2 is 2.11 bits per heavy atom. The topological polar surface area (TPSA) is 63.0 Å². The van der Waals surface area contributed by atoms with Gasteiger partial charge in [0, 0.05) is 10.9 Å². The highest BCUT2D eigenvalue weighted by molar-refractivity contribution is 7.80. The van der Waals surface area contributed by atoms with Gasteiger partial charge >= 0.3 is 0 Å². The summed E-state index contributed by atoms with van der Waals surface area (Å²) in [6.45, 7) is 0. The van der Waals surface area contributed by atoms with Crippen molar-refractivity contribution in [1.29, 1.82) is 5.26 Å². The van der Waals surface area contributed by atoms with Gasteiger partial charge in [-0.2, -0.15) is 5.26 Å². The van der Waals surface area contributed by atoms with Crippen LogP contribution in [0.4, 0.5) is 0 Å². The van der Waals surface area contributed by atoms with E-state index in [-0.39, 0.29) is 10.6 Å². The molecule has 1 aromatic heterocycles. The number of fused-ring (bicyclic) bond motifs is 1. The summed E-state index contributed by atoms with van der Waals surface area (Å²) in [5, 5.41) is 9.73. The molecule has 3 nitrogen and oxygen atoms in total. The van der Waals surface area contributed by atoms with E-state index >= 15 is 0 Å². The van der Waals surface area contributed by atoms with Crippen molar-refractivity contribution in [3.8, 4) is 6.07 Å². The smallest absolute Gasteiger partial charge is 0.135 e. The summed E-state index contributed by atoms with van der Waals surface area (Å²) < 4.78 is 6.06. The molecule has 18 heavy (non-hydrogen) atoms. The lowest BCUT2D eigenvalue weighted by molar-refractivity contribution is 0.602. The molecule has 0 aliphatic heterocycles. The van der Waals surface area contributed by atoms with E-state index < -0.39 is 0 Å². The van der Waals surface area contributed by atoms with Crippen molar-refractivity contribution in [2.24, 2.45) is 5.73 Å². The van der Waals surface area contributed by atoms with Gasteiger partial charge < -0.3 is 10.2 Å². The van der Waals surface area contributed by atoms with Crippen molar-refractivity contribution in [2.45, 2.75) is 0 Å². The van der Waals surface area contributed by atoms with Gasteiger partial charge in [-0.1, -0.05) is 36.6 Å². The van der Waals surface area contributed by atoms with Gasteiger partial charge in [-0.25, -0.2) is 0 Å². The van der Waals surface area contributed by atoms with Gasteiger partial charge in [0.1, 0.15) is 16.6 Å². The first-order valence-corrected chi connectivity index (χ1v) is 5.87. The zero-order chi connectivity index (χ0) is 13.1. The molecular formula is C13H8N2OS2. The van der Waals surface area contributed by atoms with E-state index in [1.165, 1.54) is 6.26 Å². The van der Waals surface area contributed by atoms with E-state index in [9.17, 15) is 0 Å². The molecule has 0 bridgehead atoms.